The summed E-state index contributed by atoms with van der Waals surface area (Å²) in [5.41, 5.74) is 1.91. The van der Waals surface area contributed by atoms with E-state index in [1.807, 2.05) is 24.3 Å². The average Bonchev–Trinajstić information content (AvgIpc) is 2.34. The molecule has 1 aromatic rings. The van der Waals surface area contributed by atoms with Gasteiger partial charge in [0.25, 0.3) is 0 Å². The van der Waals surface area contributed by atoms with E-state index < -0.39 is 0 Å². The summed E-state index contributed by atoms with van der Waals surface area (Å²) < 4.78 is 4.51. The molecule has 0 N–H and O–H groups in total. The van der Waals surface area contributed by atoms with Crippen LogP contribution in [0.4, 0.5) is 0 Å². The van der Waals surface area contributed by atoms with E-state index in [2.05, 4.69) is 25.5 Å². The van der Waals surface area contributed by atoms with Crippen molar-refractivity contribution < 1.29 is 14.3 Å². The molecule has 3 heteroatoms. The molecule has 0 spiro atoms. The van der Waals surface area contributed by atoms with E-state index in [1.165, 1.54) is 12.7 Å². The summed E-state index contributed by atoms with van der Waals surface area (Å²) >= 11 is 0. The summed E-state index contributed by atoms with van der Waals surface area (Å²) in [6.07, 6.45) is 0.331. The fraction of sp³-hybridized carbons (Fsp3) is 0.467. The van der Waals surface area contributed by atoms with Crippen molar-refractivity contribution in [1.29, 1.82) is 0 Å². The molecule has 1 aromatic carbocycles. The highest BCUT2D eigenvalue weighted by molar-refractivity contribution is 5.97. The highest BCUT2D eigenvalue weighted by Crippen LogP contribution is 2.22. The largest absolute Gasteiger partial charge is 0.469 e. The first-order valence-electron chi connectivity index (χ1n) is 6.05. The molecule has 0 saturated carbocycles. The third-order valence-corrected chi connectivity index (χ3v) is 2.86. The van der Waals surface area contributed by atoms with Gasteiger partial charge in [-0.05, 0) is 11.0 Å². The van der Waals surface area contributed by atoms with E-state index in [9.17, 15) is 9.59 Å². The van der Waals surface area contributed by atoms with Gasteiger partial charge in [-0.2, -0.15) is 0 Å². The molecule has 0 fully saturated rings. The molecule has 0 unspecified atom stereocenters. The van der Waals surface area contributed by atoms with Gasteiger partial charge in [0.05, 0.1) is 13.5 Å². The highest BCUT2D eigenvalue weighted by atomic mass is 16.5. The van der Waals surface area contributed by atoms with Crippen molar-refractivity contribution in [3.8, 4) is 0 Å². The minimum absolute atomic E-state index is 0.0270. The van der Waals surface area contributed by atoms with Crippen LogP contribution in [0.5, 0.6) is 0 Å². The van der Waals surface area contributed by atoms with Crippen molar-refractivity contribution in [2.45, 2.75) is 39.0 Å². The molecular weight excluding hydrogens is 228 g/mol. The predicted molar refractivity (Wildman–Crippen MR) is 70.7 cm³/mol. The molecule has 0 aliphatic carbocycles. The Hall–Kier alpha value is -1.64. The second kappa shape index (κ2) is 5.80. The number of hydrogen-bond acceptors (Lipinski definition) is 3. The zero-order valence-corrected chi connectivity index (χ0v) is 11.4. The van der Waals surface area contributed by atoms with Crippen LogP contribution in [0.1, 0.15) is 49.5 Å². The van der Waals surface area contributed by atoms with Gasteiger partial charge in [0, 0.05) is 12.0 Å². The highest BCUT2D eigenvalue weighted by Gasteiger charge is 2.14. The van der Waals surface area contributed by atoms with Gasteiger partial charge in [-0.25, -0.2) is 0 Å². The molecule has 0 heterocycles. The number of ether oxygens (including phenoxy) is 1. The molecule has 0 aliphatic heterocycles. The Morgan fingerprint density at radius 1 is 1.06 bits per heavy atom. The quantitative estimate of drug-likeness (QED) is 0.607. The number of esters is 1. The summed E-state index contributed by atoms with van der Waals surface area (Å²) in [6.45, 7) is 6.38. The second-order valence-electron chi connectivity index (χ2n) is 5.33. The van der Waals surface area contributed by atoms with Crippen LogP contribution in [0.25, 0.3) is 0 Å². The molecule has 1 rings (SSSR count). The van der Waals surface area contributed by atoms with Gasteiger partial charge in [0.15, 0.2) is 5.78 Å². The van der Waals surface area contributed by atoms with Crippen LogP contribution < -0.4 is 0 Å². The number of methoxy groups -OCH3 is 1. The van der Waals surface area contributed by atoms with Crippen LogP contribution >= 0.6 is 0 Å². The molecule has 0 aliphatic rings. The summed E-state index contributed by atoms with van der Waals surface area (Å²) in [5.74, 6) is -0.379. The predicted octanol–water partition coefficient (Wildman–Crippen LogP) is 3.12. The molecule has 0 bridgehead atoms. The Bertz CT molecular complexity index is 424. The summed E-state index contributed by atoms with van der Waals surface area (Å²) in [7, 11) is 1.32. The third-order valence-electron chi connectivity index (χ3n) is 2.86. The van der Waals surface area contributed by atoms with Gasteiger partial charge in [0.2, 0.25) is 0 Å². The van der Waals surface area contributed by atoms with Crippen LogP contribution in [0.15, 0.2) is 24.3 Å². The Labute approximate surface area is 108 Å². The van der Waals surface area contributed by atoms with E-state index in [1.54, 1.807) is 0 Å². The first-order valence-corrected chi connectivity index (χ1v) is 6.05. The third kappa shape index (κ3) is 3.99. The lowest BCUT2D eigenvalue weighted by atomic mass is 9.86. The smallest absolute Gasteiger partial charge is 0.305 e. The minimum Gasteiger partial charge on any atom is -0.469 e. The zero-order valence-electron chi connectivity index (χ0n) is 11.4. The van der Waals surface area contributed by atoms with Crippen molar-refractivity contribution >= 4 is 11.8 Å². The maximum Gasteiger partial charge on any atom is 0.305 e. The lowest BCUT2D eigenvalue weighted by molar-refractivity contribution is -0.140. The van der Waals surface area contributed by atoms with Crippen molar-refractivity contribution in [2.24, 2.45) is 0 Å². The summed E-state index contributed by atoms with van der Waals surface area (Å²) in [4.78, 5) is 22.8. The number of carbonyl (C=O) groups is 2. The molecular formula is C15H20O3. The second-order valence-corrected chi connectivity index (χ2v) is 5.33. The Balaban J connectivity index is 2.68. The van der Waals surface area contributed by atoms with Crippen molar-refractivity contribution in [3.05, 3.63) is 35.4 Å². The summed E-state index contributed by atoms with van der Waals surface area (Å²) in [5, 5.41) is 0. The minimum atomic E-state index is -0.352. The van der Waals surface area contributed by atoms with Crippen LogP contribution in [0, 0.1) is 0 Å². The van der Waals surface area contributed by atoms with Gasteiger partial charge >= 0.3 is 5.97 Å². The molecule has 98 valence electrons. The van der Waals surface area contributed by atoms with E-state index in [0.717, 1.165) is 0 Å². The van der Waals surface area contributed by atoms with Crippen LogP contribution in [-0.2, 0) is 14.9 Å². The molecule has 0 aromatic heterocycles. The van der Waals surface area contributed by atoms with E-state index in [-0.39, 0.29) is 30.0 Å². The SMILES string of the molecule is COC(=O)CCC(=O)c1ccc(C(C)(C)C)cc1. The molecule has 0 amide bonds. The van der Waals surface area contributed by atoms with E-state index in [4.69, 9.17) is 0 Å². The molecule has 0 radical (unpaired) electrons. The number of benzene rings is 1. The number of rotatable bonds is 4. The standard InChI is InChI=1S/C15H20O3/c1-15(2,3)12-7-5-11(6-8-12)13(16)9-10-14(17)18-4/h5-8H,9-10H2,1-4H3. The number of carbonyl (C=O) groups excluding carboxylic acids is 2. The average molecular weight is 248 g/mol. The van der Waals surface area contributed by atoms with E-state index >= 15 is 0 Å². The van der Waals surface area contributed by atoms with Crippen LogP contribution in [-0.4, -0.2) is 18.9 Å². The lowest BCUT2D eigenvalue weighted by Gasteiger charge is -2.18. The number of ketones is 1. The Morgan fingerprint density at radius 3 is 2.06 bits per heavy atom. The first-order chi connectivity index (χ1) is 8.34. The fourth-order valence-corrected chi connectivity index (χ4v) is 1.62. The molecule has 18 heavy (non-hydrogen) atoms. The van der Waals surface area contributed by atoms with Crippen molar-refractivity contribution in [3.63, 3.8) is 0 Å². The zero-order chi connectivity index (χ0) is 13.8. The van der Waals surface area contributed by atoms with Gasteiger partial charge in [-0.15, -0.1) is 0 Å². The summed E-state index contributed by atoms with van der Waals surface area (Å²) in [6, 6.07) is 7.57. The number of hydrogen-bond donors (Lipinski definition) is 0. The van der Waals surface area contributed by atoms with Crippen molar-refractivity contribution in [2.75, 3.05) is 7.11 Å². The lowest BCUT2D eigenvalue weighted by Crippen LogP contribution is -2.11. The normalized spacial score (nSPS) is 11.1. The van der Waals surface area contributed by atoms with Gasteiger partial charge in [-0.3, -0.25) is 9.59 Å². The topological polar surface area (TPSA) is 43.4 Å². The monoisotopic (exact) mass is 248 g/mol. The van der Waals surface area contributed by atoms with Gasteiger partial charge < -0.3 is 4.74 Å². The molecule has 0 saturated heterocycles. The fourth-order valence-electron chi connectivity index (χ4n) is 1.62. The van der Waals surface area contributed by atoms with Crippen LogP contribution in [0.2, 0.25) is 0 Å². The Morgan fingerprint density at radius 2 is 1.61 bits per heavy atom. The first kappa shape index (κ1) is 14.4. The number of Topliss-reactive ketones (excluding diaryl/α,β-unsaturated/α-hetero) is 1. The van der Waals surface area contributed by atoms with Gasteiger partial charge in [-0.1, -0.05) is 45.0 Å². The molecule has 0 atom stereocenters. The van der Waals surface area contributed by atoms with Crippen LogP contribution in [0.3, 0.4) is 0 Å². The van der Waals surface area contributed by atoms with Crippen molar-refractivity contribution in [1.82, 2.24) is 0 Å². The Kier molecular flexibility index (Phi) is 4.65. The van der Waals surface area contributed by atoms with Gasteiger partial charge in [0.1, 0.15) is 0 Å². The maximum atomic E-state index is 11.8. The van der Waals surface area contributed by atoms with E-state index in [0.29, 0.717) is 5.56 Å². The maximum absolute atomic E-state index is 11.8. The molecule has 3 nitrogen and oxygen atoms in total.